The van der Waals surface area contributed by atoms with E-state index < -0.39 is 0 Å². The lowest BCUT2D eigenvalue weighted by atomic mass is 10.0. The first-order chi connectivity index (χ1) is 9.86. The molecule has 0 heterocycles. The molecule has 4 atom stereocenters. The SMILES string of the molecule is CCCOc1ccc(CNC2C3C4CCC(C4)C23)cc1. The Hall–Kier alpha value is -1.02. The van der Waals surface area contributed by atoms with Gasteiger partial charge in [0, 0.05) is 12.6 Å². The fourth-order valence-electron chi connectivity index (χ4n) is 4.76. The van der Waals surface area contributed by atoms with Gasteiger partial charge in [-0.15, -0.1) is 0 Å². The molecule has 1 aromatic carbocycles. The average molecular weight is 271 g/mol. The van der Waals surface area contributed by atoms with E-state index in [1.807, 2.05) is 0 Å². The molecule has 2 bridgehead atoms. The van der Waals surface area contributed by atoms with Crippen LogP contribution in [0.3, 0.4) is 0 Å². The van der Waals surface area contributed by atoms with Crippen LogP contribution < -0.4 is 10.1 Å². The lowest BCUT2D eigenvalue weighted by molar-refractivity contribution is 0.317. The van der Waals surface area contributed by atoms with Gasteiger partial charge in [0.2, 0.25) is 0 Å². The van der Waals surface area contributed by atoms with Crippen molar-refractivity contribution in [2.75, 3.05) is 6.61 Å². The molecular formula is C18H25NO. The summed E-state index contributed by atoms with van der Waals surface area (Å²) in [6.07, 6.45) is 5.62. The van der Waals surface area contributed by atoms with Crippen LogP contribution in [0.4, 0.5) is 0 Å². The van der Waals surface area contributed by atoms with Gasteiger partial charge in [0.05, 0.1) is 6.61 Å². The Balaban J connectivity index is 1.28. The Labute approximate surface area is 121 Å². The molecule has 20 heavy (non-hydrogen) atoms. The molecular weight excluding hydrogens is 246 g/mol. The number of benzene rings is 1. The Kier molecular flexibility index (Phi) is 3.22. The zero-order chi connectivity index (χ0) is 13.5. The maximum Gasteiger partial charge on any atom is 0.119 e. The number of fused-ring (bicyclic) bond motifs is 5. The molecule has 0 aliphatic heterocycles. The van der Waals surface area contributed by atoms with Gasteiger partial charge in [0.25, 0.3) is 0 Å². The van der Waals surface area contributed by atoms with Gasteiger partial charge in [0.15, 0.2) is 0 Å². The Morgan fingerprint density at radius 2 is 1.80 bits per heavy atom. The highest BCUT2D eigenvalue weighted by molar-refractivity contribution is 5.27. The van der Waals surface area contributed by atoms with Gasteiger partial charge < -0.3 is 10.1 Å². The molecule has 0 aromatic heterocycles. The molecule has 1 N–H and O–H groups in total. The summed E-state index contributed by atoms with van der Waals surface area (Å²) in [5, 5.41) is 3.80. The molecule has 4 unspecified atom stereocenters. The first-order valence-electron chi connectivity index (χ1n) is 8.32. The molecule has 3 fully saturated rings. The number of nitrogens with one attached hydrogen (secondary N) is 1. The minimum Gasteiger partial charge on any atom is -0.494 e. The summed E-state index contributed by atoms with van der Waals surface area (Å²) >= 11 is 0. The van der Waals surface area contributed by atoms with E-state index in [2.05, 4.69) is 36.5 Å². The van der Waals surface area contributed by atoms with Crippen LogP contribution in [0.2, 0.25) is 0 Å². The van der Waals surface area contributed by atoms with E-state index >= 15 is 0 Å². The largest absolute Gasteiger partial charge is 0.494 e. The Morgan fingerprint density at radius 1 is 1.10 bits per heavy atom. The van der Waals surface area contributed by atoms with Crippen LogP contribution in [-0.2, 0) is 6.54 Å². The van der Waals surface area contributed by atoms with Crippen molar-refractivity contribution in [3.63, 3.8) is 0 Å². The van der Waals surface area contributed by atoms with E-state index in [4.69, 9.17) is 4.74 Å². The molecule has 0 saturated heterocycles. The van der Waals surface area contributed by atoms with Crippen LogP contribution in [0.5, 0.6) is 5.75 Å². The summed E-state index contributed by atoms with van der Waals surface area (Å²) in [7, 11) is 0. The molecule has 1 aromatic rings. The van der Waals surface area contributed by atoms with E-state index in [1.165, 1.54) is 24.8 Å². The van der Waals surface area contributed by atoms with Crippen LogP contribution in [0.1, 0.15) is 38.2 Å². The van der Waals surface area contributed by atoms with Crippen LogP contribution in [0, 0.1) is 23.7 Å². The van der Waals surface area contributed by atoms with Gasteiger partial charge in [-0.3, -0.25) is 0 Å². The van der Waals surface area contributed by atoms with E-state index in [0.717, 1.165) is 55.0 Å². The second-order valence-electron chi connectivity index (χ2n) is 6.89. The highest BCUT2D eigenvalue weighted by atomic mass is 16.5. The van der Waals surface area contributed by atoms with Crippen molar-refractivity contribution in [2.45, 2.75) is 45.2 Å². The highest BCUT2D eigenvalue weighted by Gasteiger charge is 2.64. The number of hydrogen-bond donors (Lipinski definition) is 1. The van der Waals surface area contributed by atoms with Crippen LogP contribution in [0.25, 0.3) is 0 Å². The first-order valence-corrected chi connectivity index (χ1v) is 8.32. The standard InChI is InChI=1S/C18H25NO/c1-2-9-20-15-7-3-12(4-8-15)11-19-18-16-13-5-6-14(10-13)17(16)18/h3-4,7-8,13-14,16-19H,2,5-6,9-11H2,1H3. The first kappa shape index (κ1) is 12.7. The second-order valence-corrected chi connectivity index (χ2v) is 6.89. The maximum atomic E-state index is 5.62. The Bertz CT molecular complexity index is 453. The smallest absolute Gasteiger partial charge is 0.119 e. The van der Waals surface area contributed by atoms with Gasteiger partial charge in [-0.2, -0.15) is 0 Å². The summed E-state index contributed by atoms with van der Waals surface area (Å²) in [6, 6.07) is 9.43. The molecule has 3 aliphatic carbocycles. The molecule has 108 valence electrons. The summed E-state index contributed by atoms with van der Waals surface area (Å²) in [4.78, 5) is 0. The van der Waals surface area contributed by atoms with Gasteiger partial charge in [-0.25, -0.2) is 0 Å². The predicted molar refractivity (Wildman–Crippen MR) is 80.7 cm³/mol. The fourth-order valence-corrected chi connectivity index (χ4v) is 4.76. The second kappa shape index (κ2) is 5.07. The maximum absolute atomic E-state index is 5.62. The van der Waals surface area contributed by atoms with Gasteiger partial charge in [-0.1, -0.05) is 19.1 Å². The molecule has 3 aliphatic rings. The summed E-state index contributed by atoms with van der Waals surface area (Å²) in [5.74, 6) is 5.18. The van der Waals surface area contributed by atoms with Crippen LogP contribution >= 0.6 is 0 Å². The van der Waals surface area contributed by atoms with E-state index in [-0.39, 0.29) is 0 Å². The zero-order valence-electron chi connectivity index (χ0n) is 12.3. The summed E-state index contributed by atoms with van der Waals surface area (Å²) < 4.78 is 5.62. The number of rotatable bonds is 6. The molecule has 2 heteroatoms. The van der Waals surface area contributed by atoms with Gasteiger partial charge >= 0.3 is 0 Å². The van der Waals surface area contributed by atoms with Crippen LogP contribution in [0.15, 0.2) is 24.3 Å². The molecule has 2 nitrogen and oxygen atoms in total. The minimum absolute atomic E-state index is 0.811. The van der Waals surface area contributed by atoms with Crippen molar-refractivity contribution in [1.29, 1.82) is 0 Å². The van der Waals surface area contributed by atoms with Crippen molar-refractivity contribution in [3.05, 3.63) is 29.8 Å². The lowest BCUT2D eigenvalue weighted by Gasteiger charge is -2.11. The molecule has 0 amide bonds. The fraction of sp³-hybridized carbons (Fsp3) is 0.667. The minimum atomic E-state index is 0.811. The molecule has 0 radical (unpaired) electrons. The molecule has 0 spiro atoms. The quantitative estimate of drug-likeness (QED) is 0.853. The van der Waals surface area contributed by atoms with Crippen molar-refractivity contribution in [1.82, 2.24) is 5.32 Å². The highest BCUT2D eigenvalue weighted by Crippen LogP contribution is 2.65. The topological polar surface area (TPSA) is 21.3 Å². The van der Waals surface area contributed by atoms with Crippen molar-refractivity contribution < 1.29 is 4.74 Å². The van der Waals surface area contributed by atoms with Crippen molar-refractivity contribution in [2.24, 2.45) is 23.7 Å². The molecule has 3 saturated carbocycles. The van der Waals surface area contributed by atoms with Gasteiger partial charge in [0.1, 0.15) is 5.75 Å². The molecule has 4 rings (SSSR count). The normalized spacial score (nSPS) is 37.0. The third kappa shape index (κ3) is 2.14. The monoisotopic (exact) mass is 271 g/mol. The summed E-state index contributed by atoms with van der Waals surface area (Å²) in [5.41, 5.74) is 1.38. The van der Waals surface area contributed by atoms with E-state index in [0.29, 0.717) is 0 Å². The third-order valence-electron chi connectivity index (χ3n) is 5.67. The van der Waals surface area contributed by atoms with E-state index in [1.54, 1.807) is 0 Å². The van der Waals surface area contributed by atoms with E-state index in [9.17, 15) is 0 Å². The average Bonchev–Trinajstić information content (AvgIpc) is 2.87. The number of hydrogen-bond acceptors (Lipinski definition) is 2. The third-order valence-corrected chi connectivity index (χ3v) is 5.67. The Morgan fingerprint density at radius 3 is 2.45 bits per heavy atom. The van der Waals surface area contributed by atoms with Gasteiger partial charge in [-0.05, 0) is 67.1 Å². The number of ether oxygens (including phenoxy) is 1. The zero-order valence-corrected chi connectivity index (χ0v) is 12.3. The van der Waals surface area contributed by atoms with Crippen molar-refractivity contribution >= 4 is 0 Å². The predicted octanol–water partition coefficient (Wildman–Crippen LogP) is 3.61. The summed E-state index contributed by atoms with van der Waals surface area (Å²) in [6.45, 7) is 3.97. The lowest BCUT2D eigenvalue weighted by Crippen LogP contribution is -2.22. The van der Waals surface area contributed by atoms with Crippen LogP contribution in [-0.4, -0.2) is 12.6 Å². The van der Waals surface area contributed by atoms with Crippen molar-refractivity contribution in [3.8, 4) is 5.75 Å².